The number of nitrogens with zero attached hydrogens (tertiary/aromatic N) is 1. The van der Waals surface area contributed by atoms with Gasteiger partial charge in [0.05, 0.1) is 0 Å². The van der Waals surface area contributed by atoms with Crippen molar-refractivity contribution < 1.29 is 21.6 Å². The Bertz CT molecular complexity index is 981. The number of allylic oxidation sites excluding steroid dienone is 3. The van der Waals surface area contributed by atoms with E-state index in [0.29, 0.717) is 5.39 Å². The number of fused-ring (bicyclic) bond motifs is 1. The second-order valence-corrected chi connectivity index (χ2v) is 11.6. The Kier molecular flexibility index (Phi) is 4.89. The molecule has 0 amide bonds. The van der Waals surface area contributed by atoms with Crippen LogP contribution in [0.2, 0.25) is 0 Å². The van der Waals surface area contributed by atoms with Gasteiger partial charge in [0.1, 0.15) is 0 Å². The molecule has 0 saturated carbocycles. The molecule has 0 fully saturated rings. The summed E-state index contributed by atoms with van der Waals surface area (Å²) in [5, 5.41) is -4.03. The Labute approximate surface area is 163 Å². The third-order valence-electron chi connectivity index (χ3n) is 4.05. The number of hydrogen-bond acceptors (Lipinski definition) is 2. The Balaban J connectivity index is 2.22. The van der Waals surface area contributed by atoms with Crippen molar-refractivity contribution in [3.63, 3.8) is 0 Å². The molecule has 134 valence electrons. The molecule has 2 aromatic rings. The van der Waals surface area contributed by atoms with Crippen LogP contribution in [0, 0.1) is 0 Å². The van der Waals surface area contributed by atoms with Gasteiger partial charge in [0.2, 0.25) is 0 Å². The third-order valence-corrected chi connectivity index (χ3v) is 10.1. The molecule has 1 aliphatic rings. The van der Waals surface area contributed by atoms with E-state index in [4.69, 9.17) is 0 Å². The first-order valence-corrected chi connectivity index (χ1v) is 11.6. The second-order valence-electron chi connectivity index (χ2n) is 5.69. The minimum absolute atomic E-state index is 0.0168. The van der Waals surface area contributed by atoms with E-state index in [1.54, 1.807) is 43.4 Å². The molecule has 3 nitrogen and oxygen atoms in total. The molecule has 2 unspecified atom stereocenters. The van der Waals surface area contributed by atoms with Gasteiger partial charge in [0, 0.05) is 0 Å². The molecule has 0 aliphatic heterocycles. The van der Waals surface area contributed by atoms with Crippen molar-refractivity contribution in [2.24, 2.45) is 0 Å². The van der Waals surface area contributed by atoms with Crippen LogP contribution in [0.3, 0.4) is 0 Å². The van der Waals surface area contributed by atoms with E-state index in [2.05, 4.69) is 0 Å². The van der Waals surface area contributed by atoms with Gasteiger partial charge in [-0.3, -0.25) is 0 Å². The fourth-order valence-corrected chi connectivity index (χ4v) is 7.37. The first-order valence-electron chi connectivity index (χ1n) is 7.17. The second kappa shape index (κ2) is 6.44. The van der Waals surface area contributed by atoms with Crippen molar-refractivity contribution in [3.8, 4) is 0 Å². The SMILES string of the molecule is CC1(S(=O)(=O)n2cc([Se]C(F)(F)F)c3ccccc32)C=CC=CC1I. The average Bonchev–Trinajstić information content (AvgIpc) is 2.88. The van der Waals surface area contributed by atoms with E-state index in [1.807, 2.05) is 22.6 Å². The number of benzene rings is 1. The Morgan fingerprint density at radius 1 is 1.24 bits per heavy atom. The molecular weight excluding hydrogens is 533 g/mol. The normalized spacial score (nSPS) is 24.1. The predicted octanol–water partition coefficient (Wildman–Crippen LogP) is 3.36. The molecule has 0 N–H and O–H groups in total. The fraction of sp³-hybridized carbons (Fsp3) is 0.250. The van der Waals surface area contributed by atoms with E-state index in [1.165, 1.54) is 12.1 Å². The average molecular weight is 546 g/mol. The summed E-state index contributed by atoms with van der Waals surface area (Å²) in [5.74, 6) is 0. The molecule has 2 atom stereocenters. The van der Waals surface area contributed by atoms with E-state index in [0.717, 1.165) is 10.2 Å². The number of rotatable bonds is 3. The van der Waals surface area contributed by atoms with Crippen LogP contribution in [0.15, 0.2) is 54.8 Å². The minimum atomic E-state index is -4.35. The summed E-state index contributed by atoms with van der Waals surface area (Å²) in [7, 11) is -3.96. The van der Waals surface area contributed by atoms with Crippen molar-refractivity contribution in [1.82, 2.24) is 3.97 Å². The molecule has 0 bridgehead atoms. The van der Waals surface area contributed by atoms with E-state index >= 15 is 0 Å². The van der Waals surface area contributed by atoms with Crippen LogP contribution in [0.25, 0.3) is 10.9 Å². The molecule has 1 aromatic heterocycles. The van der Waals surface area contributed by atoms with Crippen molar-refractivity contribution in [1.29, 1.82) is 0 Å². The predicted molar refractivity (Wildman–Crippen MR) is 102 cm³/mol. The van der Waals surface area contributed by atoms with Crippen molar-refractivity contribution in [3.05, 3.63) is 54.8 Å². The monoisotopic (exact) mass is 547 g/mol. The van der Waals surface area contributed by atoms with Crippen LogP contribution < -0.4 is 4.46 Å². The van der Waals surface area contributed by atoms with E-state index in [-0.39, 0.29) is 13.9 Å². The topological polar surface area (TPSA) is 39.1 Å². The quantitative estimate of drug-likeness (QED) is 0.337. The van der Waals surface area contributed by atoms with Crippen LogP contribution in [-0.4, -0.2) is 41.1 Å². The molecule has 0 saturated heterocycles. The van der Waals surface area contributed by atoms with Gasteiger partial charge >= 0.3 is 164 Å². The van der Waals surface area contributed by atoms with Gasteiger partial charge in [-0.25, -0.2) is 0 Å². The van der Waals surface area contributed by atoms with E-state index < -0.39 is 34.8 Å². The van der Waals surface area contributed by atoms with Crippen LogP contribution >= 0.6 is 22.6 Å². The third kappa shape index (κ3) is 3.31. The maximum absolute atomic E-state index is 13.3. The fourth-order valence-electron chi connectivity index (χ4n) is 2.66. The first-order chi connectivity index (χ1) is 11.6. The summed E-state index contributed by atoms with van der Waals surface area (Å²) >= 11 is 0.214. The molecule has 0 spiro atoms. The molecular formula is C16H13F3INO2SSe. The van der Waals surface area contributed by atoms with Crippen LogP contribution in [0.4, 0.5) is 13.2 Å². The van der Waals surface area contributed by atoms with Gasteiger partial charge in [-0.15, -0.1) is 0 Å². The van der Waals surface area contributed by atoms with Crippen LogP contribution in [-0.2, 0) is 10.0 Å². The van der Waals surface area contributed by atoms with Gasteiger partial charge in [-0.2, -0.15) is 0 Å². The summed E-state index contributed by atoms with van der Waals surface area (Å²) in [5.41, 5.74) is 0.274. The standard InChI is InChI=1S/C16H13F3INO2SSe/c1-15(9-5-4-8-14(15)20)24(22,23)21-10-13(25-16(17,18)19)11-6-2-3-7-12(11)21/h2-10,14H,1H3. The molecule has 3 rings (SSSR count). The molecule has 1 aromatic carbocycles. The van der Waals surface area contributed by atoms with Crippen molar-refractivity contribution >= 4 is 62.9 Å². The summed E-state index contributed by atoms with van der Waals surface area (Å²) in [6.45, 7) is 1.59. The number of aromatic nitrogens is 1. The molecule has 9 heteroatoms. The number of halogens is 4. The molecule has 1 heterocycles. The van der Waals surface area contributed by atoms with Crippen molar-refractivity contribution in [2.75, 3.05) is 0 Å². The van der Waals surface area contributed by atoms with Gasteiger partial charge in [-0.05, 0) is 0 Å². The summed E-state index contributed by atoms with van der Waals surface area (Å²) in [4.78, 5) is 0. The van der Waals surface area contributed by atoms with Crippen LogP contribution in [0.1, 0.15) is 6.92 Å². The summed E-state index contributed by atoms with van der Waals surface area (Å²) in [6, 6.07) is 6.31. The summed E-state index contributed by atoms with van der Waals surface area (Å²) in [6.07, 6.45) is 7.90. The zero-order chi connectivity index (χ0) is 18.5. The number of para-hydroxylation sites is 1. The Hall–Kier alpha value is -0.771. The van der Waals surface area contributed by atoms with Crippen molar-refractivity contribution in [2.45, 2.75) is 20.7 Å². The molecule has 0 radical (unpaired) electrons. The number of alkyl halides is 4. The van der Waals surface area contributed by atoms with Gasteiger partial charge in [-0.1, -0.05) is 0 Å². The first kappa shape index (κ1) is 19.0. The summed E-state index contributed by atoms with van der Waals surface area (Å²) < 4.78 is 64.8. The van der Waals surface area contributed by atoms with Gasteiger partial charge in [0.25, 0.3) is 0 Å². The molecule has 25 heavy (non-hydrogen) atoms. The zero-order valence-electron chi connectivity index (χ0n) is 12.9. The van der Waals surface area contributed by atoms with Gasteiger partial charge in [0.15, 0.2) is 0 Å². The maximum atomic E-state index is 13.3. The van der Waals surface area contributed by atoms with Gasteiger partial charge < -0.3 is 0 Å². The number of hydrogen-bond donors (Lipinski definition) is 0. The molecule has 1 aliphatic carbocycles. The van der Waals surface area contributed by atoms with E-state index in [9.17, 15) is 21.6 Å². The Morgan fingerprint density at radius 2 is 1.92 bits per heavy atom. The zero-order valence-corrected chi connectivity index (χ0v) is 17.6. The van der Waals surface area contributed by atoms with Crippen LogP contribution in [0.5, 0.6) is 0 Å². The Morgan fingerprint density at radius 3 is 2.56 bits per heavy atom.